The van der Waals surface area contributed by atoms with Gasteiger partial charge in [0.1, 0.15) is 11.6 Å². The van der Waals surface area contributed by atoms with Crippen LogP contribution < -0.4 is 5.46 Å². The molecule has 0 N–H and O–H groups in total. The lowest BCUT2D eigenvalue weighted by Gasteiger charge is -2.32. The van der Waals surface area contributed by atoms with E-state index in [0.717, 1.165) is 52.0 Å². The summed E-state index contributed by atoms with van der Waals surface area (Å²) in [5.41, 5.74) is 6.95. The van der Waals surface area contributed by atoms with Crippen molar-refractivity contribution in [2.45, 2.75) is 83.8 Å². The first-order valence-electron chi connectivity index (χ1n) is 13.8. The smallest absolute Gasteiger partial charge is 0.399 e. The van der Waals surface area contributed by atoms with Crippen LogP contribution in [-0.4, -0.2) is 34.9 Å². The number of nitrogens with zero attached hydrogens (tertiary/aromatic N) is 1. The van der Waals surface area contributed by atoms with Crippen LogP contribution in [0.3, 0.4) is 0 Å². The molecule has 0 amide bonds. The molecule has 1 saturated heterocycles. The Balaban J connectivity index is 0.000000162. The zero-order chi connectivity index (χ0) is 28.7. The van der Waals surface area contributed by atoms with Gasteiger partial charge in [-0.2, -0.15) is 0 Å². The van der Waals surface area contributed by atoms with Gasteiger partial charge in [-0.25, -0.2) is 0 Å². The third-order valence-corrected chi connectivity index (χ3v) is 9.11. The molecule has 5 nitrogen and oxygen atoms in total. The SMILES string of the molecule is CC1(C)OB(c2cc3c(cc2Cl)CC(=O)CC3)OC1(C)C.O=C1CCc2cc(Cc3cccnc3)c(Cl)cc2C1. The zero-order valence-corrected chi connectivity index (χ0v) is 25.0. The fourth-order valence-electron chi connectivity index (χ4n) is 5.34. The Labute approximate surface area is 246 Å². The van der Waals surface area contributed by atoms with Gasteiger partial charge in [-0.05, 0) is 92.1 Å². The Bertz CT molecular complexity index is 1440. The highest BCUT2D eigenvalue weighted by atomic mass is 35.5. The summed E-state index contributed by atoms with van der Waals surface area (Å²) in [4.78, 5) is 27.1. The molecule has 1 aliphatic heterocycles. The minimum absolute atomic E-state index is 0.280. The molecule has 2 aromatic carbocycles. The van der Waals surface area contributed by atoms with Gasteiger partial charge in [-0.1, -0.05) is 41.4 Å². The predicted octanol–water partition coefficient (Wildman–Crippen LogP) is 6.08. The lowest BCUT2D eigenvalue weighted by atomic mass is 9.76. The van der Waals surface area contributed by atoms with Gasteiger partial charge in [-0.3, -0.25) is 14.6 Å². The molecule has 8 heteroatoms. The summed E-state index contributed by atoms with van der Waals surface area (Å²) in [5, 5.41) is 1.36. The molecule has 0 bridgehead atoms. The molecule has 1 fully saturated rings. The molecule has 0 radical (unpaired) electrons. The van der Waals surface area contributed by atoms with Crippen molar-refractivity contribution in [1.29, 1.82) is 0 Å². The average Bonchev–Trinajstić information content (AvgIpc) is 3.11. The van der Waals surface area contributed by atoms with Crippen molar-refractivity contribution in [3.05, 3.63) is 92.2 Å². The minimum atomic E-state index is -0.453. The number of Topliss-reactive ketones (excluding diaryl/α,β-unsaturated/α-hetero) is 2. The first-order valence-corrected chi connectivity index (χ1v) is 14.6. The van der Waals surface area contributed by atoms with Crippen molar-refractivity contribution < 1.29 is 18.9 Å². The largest absolute Gasteiger partial charge is 0.496 e. The first-order chi connectivity index (χ1) is 18.9. The lowest BCUT2D eigenvalue weighted by molar-refractivity contribution is -0.119. The molecular formula is C32H34BCl2NO4. The van der Waals surface area contributed by atoms with Crippen molar-refractivity contribution in [3.63, 3.8) is 0 Å². The molecule has 2 aliphatic carbocycles. The minimum Gasteiger partial charge on any atom is -0.399 e. The van der Waals surface area contributed by atoms with Crippen molar-refractivity contribution in [1.82, 2.24) is 4.98 Å². The van der Waals surface area contributed by atoms with E-state index in [4.69, 9.17) is 32.5 Å². The molecule has 6 rings (SSSR count). The highest BCUT2D eigenvalue weighted by molar-refractivity contribution is 6.65. The van der Waals surface area contributed by atoms with Gasteiger partial charge in [0.2, 0.25) is 0 Å². The summed E-state index contributed by atoms with van der Waals surface area (Å²) in [7, 11) is -0.453. The Hall–Kier alpha value is -2.51. The lowest BCUT2D eigenvalue weighted by Crippen LogP contribution is -2.41. The molecule has 3 aromatic rings. The quantitative estimate of drug-likeness (QED) is 0.353. The van der Waals surface area contributed by atoms with Gasteiger partial charge < -0.3 is 9.31 Å². The van der Waals surface area contributed by atoms with Crippen molar-refractivity contribution in [2.24, 2.45) is 0 Å². The molecule has 1 aromatic heterocycles. The van der Waals surface area contributed by atoms with E-state index in [1.54, 1.807) is 6.20 Å². The number of hydrogen-bond acceptors (Lipinski definition) is 5. The van der Waals surface area contributed by atoms with Crippen LogP contribution in [0.4, 0.5) is 0 Å². The monoisotopic (exact) mass is 577 g/mol. The van der Waals surface area contributed by atoms with Crippen molar-refractivity contribution >= 4 is 47.3 Å². The number of benzene rings is 2. The summed E-state index contributed by atoms with van der Waals surface area (Å²) in [6.45, 7) is 8.10. The molecule has 0 atom stereocenters. The van der Waals surface area contributed by atoms with Gasteiger partial charge in [0.15, 0.2) is 0 Å². The molecule has 2 heterocycles. The number of aryl methyl sites for hydroxylation is 2. The van der Waals surface area contributed by atoms with Crippen LogP contribution in [0.25, 0.3) is 0 Å². The maximum Gasteiger partial charge on any atom is 0.496 e. The fourth-order valence-corrected chi connectivity index (χ4v) is 5.87. The van der Waals surface area contributed by atoms with Gasteiger partial charge in [-0.15, -0.1) is 0 Å². The molecule has 40 heavy (non-hydrogen) atoms. The summed E-state index contributed by atoms with van der Waals surface area (Å²) < 4.78 is 12.1. The van der Waals surface area contributed by atoms with E-state index >= 15 is 0 Å². The van der Waals surface area contributed by atoms with Gasteiger partial charge in [0.05, 0.1) is 11.2 Å². The van der Waals surface area contributed by atoms with E-state index in [1.807, 2.05) is 64.2 Å². The highest BCUT2D eigenvalue weighted by Gasteiger charge is 2.52. The van der Waals surface area contributed by atoms with Crippen LogP contribution in [0, 0.1) is 0 Å². The van der Waals surface area contributed by atoms with E-state index in [9.17, 15) is 9.59 Å². The summed E-state index contributed by atoms with van der Waals surface area (Å²) in [6.07, 6.45) is 8.30. The zero-order valence-electron chi connectivity index (χ0n) is 23.5. The topological polar surface area (TPSA) is 65.5 Å². The van der Waals surface area contributed by atoms with Crippen LogP contribution in [0.2, 0.25) is 10.0 Å². The fraction of sp³-hybridized carbons (Fsp3) is 0.406. The second kappa shape index (κ2) is 11.4. The molecule has 0 unspecified atom stereocenters. The number of pyridine rings is 1. The highest BCUT2D eigenvalue weighted by Crippen LogP contribution is 2.37. The number of carbonyl (C=O) groups excluding carboxylic acids is 2. The van der Waals surface area contributed by atoms with Crippen LogP contribution in [0.5, 0.6) is 0 Å². The van der Waals surface area contributed by atoms with Gasteiger partial charge in [0, 0.05) is 60.0 Å². The number of aromatic nitrogens is 1. The van der Waals surface area contributed by atoms with Crippen molar-refractivity contribution in [3.8, 4) is 0 Å². The van der Waals surface area contributed by atoms with Crippen LogP contribution in [-0.2, 0) is 51.0 Å². The Morgan fingerprint density at radius 1 is 0.800 bits per heavy atom. The van der Waals surface area contributed by atoms with Crippen LogP contribution >= 0.6 is 23.2 Å². The Morgan fingerprint density at radius 3 is 1.95 bits per heavy atom. The Kier molecular flexibility index (Phi) is 8.27. The van der Waals surface area contributed by atoms with E-state index < -0.39 is 7.12 Å². The maximum absolute atomic E-state index is 11.6. The van der Waals surface area contributed by atoms with Crippen LogP contribution in [0.1, 0.15) is 73.9 Å². The number of carbonyl (C=O) groups is 2. The van der Waals surface area contributed by atoms with E-state index in [-0.39, 0.29) is 17.0 Å². The van der Waals surface area contributed by atoms with E-state index in [0.29, 0.717) is 36.5 Å². The summed E-state index contributed by atoms with van der Waals surface area (Å²) in [6, 6.07) is 12.0. The van der Waals surface area contributed by atoms with Crippen LogP contribution in [0.15, 0.2) is 48.8 Å². The van der Waals surface area contributed by atoms with Crippen molar-refractivity contribution in [2.75, 3.05) is 0 Å². The summed E-state index contributed by atoms with van der Waals surface area (Å²) >= 11 is 12.7. The van der Waals surface area contributed by atoms with Gasteiger partial charge in [0.25, 0.3) is 0 Å². The third kappa shape index (κ3) is 6.21. The predicted molar refractivity (Wildman–Crippen MR) is 160 cm³/mol. The molecule has 0 spiro atoms. The average molecular weight is 578 g/mol. The first kappa shape index (κ1) is 29.0. The second-order valence-electron chi connectivity index (χ2n) is 11.9. The molecule has 208 valence electrons. The number of rotatable bonds is 3. The van der Waals surface area contributed by atoms with Gasteiger partial charge >= 0.3 is 7.12 Å². The number of ketones is 2. The molecule has 3 aliphatic rings. The normalized spacial score (nSPS) is 19.0. The summed E-state index contributed by atoms with van der Waals surface area (Å²) in [5.74, 6) is 0.588. The Morgan fingerprint density at radius 2 is 1.38 bits per heavy atom. The molecule has 0 saturated carbocycles. The standard InChI is InChI=1S/C16H20BClO3.C16H14ClNO/c1-15(2)16(3,4)21-17(20-15)13-8-10-5-6-12(19)7-11(10)9-14(13)18;17-16-9-13-8-15(19)4-3-12(13)7-14(16)6-11-2-1-5-18-10-11/h8-9H,5-7H2,1-4H3;1-2,5,7,9-10H,3-4,6,8H2. The maximum atomic E-state index is 11.6. The number of fused-ring (bicyclic) bond motifs is 2. The third-order valence-electron chi connectivity index (χ3n) is 8.43. The molecular weight excluding hydrogens is 544 g/mol. The van der Waals surface area contributed by atoms with E-state index in [1.165, 1.54) is 11.1 Å². The second-order valence-corrected chi connectivity index (χ2v) is 12.7. The van der Waals surface area contributed by atoms with E-state index in [2.05, 4.69) is 11.1 Å². The number of hydrogen-bond donors (Lipinski definition) is 0. The number of halogens is 2.